The van der Waals surface area contributed by atoms with Gasteiger partial charge in [-0.15, -0.1) is 0 Å². The first-order valence-corrected chi connectivity index (χ1v) is 12.2. The van der Waals surface area contributed by atoms with Crippen LogP contribution in [0, 0.1) is 20.8 Å². The molecule has 6 nitrogen and oxygen atoms in total. The van der Waals surface area contributed by atoms with E-state index in [1.165, 1.54) is 5.56 Å². The van der Waals surface area contributed by atoms with Crippen LogP contribution in [0.2, 0.25) is 0 Å². The van der Waals surface area contributed by atoms with Crippen LogP contribution in [0.15, 0.2) is 73.1 Å². The number of nitrogens with one attached hydrogen (secondary N) is 1. The maximum absolute atomic E-state index is 5.92. The van der Waals surface area contributed by atoms with Crippen molar-refractivity contribution in [3.63, 3.8) is 0 Å². The number of nitrogens with zero attached hydrogens (tertiary/aromatic N) is 5. The summed E-state index contributed by atoms with van der Waals surface area (Å²) in [7, 11) is 4.09. The fourth-order valence-corrected chi connectivity index (χ4v) is 5.33. The third-order valence-electron chi connectivity index (χ3n) is 6.72. The van der Waals surface area contributed by atoms with Gasteiger partial charge in [0, 0.05) is 49.3 Å². The maximum atomic E-state index is 5.92. The normalized spacial score (nSPS) is 17.5. The Bertz CT molecular complexity index is 1360. The van der Waals surface area contributed by atoms with Crippen LogP contribution < -0.4 is 15.1 Å². The highest BCUT2D eigenvalue weighted by atomic mass is 32.1. The second-order valence-electron chi connectivity index (χ2n) is 9.21. The molecule has 3 aromatic heterocycles. The Morgan fingerprint density at radius 1 is 0.914 bits per heavy atom. The second kappa shape index (κ2) is 9.15. The lowest BCUT2D eigenvalue weighted by molar-refractivity contribution is 0.565. The fraction of sp³-hybridized carbons (Fsp3) is 0.250. The zero-order valence-corrected chi connectivity index (χ0v) is 21.5. The second-order valence-corrected chi connectivity index (χ2v) is 9.60. The third kappa shape index (κ3) is 4.06. The molecule has 0 bridgehead atoms. The van der Waals surface area contributed by atoms with E-state index in [0.29, 0.717) is 5.11 Å². The van der Waals surface area contributed by atoms with E-state index in [1.54, 1.807) is 0 Å². The number of benzene rings is 1. The van der Waals surface area contributed by atoms with Crippen LogP contribution in [-0.2, 0) is 0 Å². The number of aryl methyl sites for hydroxylation is 2. The van der Waals surface area contributed by atoms with Gasteiger partial charge in [-0.1, -0.05) is 12.1 Å². The summed E-state index contributed by atoms with van der Waals surface area (Å²) in [6.07, 6.45) is 3.69. The van der Waals surface area contributed by atoms with Crippen molar-refractivity contribution in [2.75, 3.05) is 23.9 Å². The SMILES string of the molecule is Cc1cccnc1-n1c(C)cc([C@@H]2[C@@H](c3ccccn3)NC(=S)N2c2ccc(N(C)C)cc2)c1C. The fourth-order valence-electron chi connectivity index (χ4n) is 4.98. The smallest absolute Gasteiger partial charge is 0.174 e. The predicted octanol–water partition coefficient (Wildman–Crippen LogP) is 5.44. The summed E-state index contributed by atoms with van der Waals surface area (Å²) in [4.78, 5) is 13.7. The molecule has 1 aliphatic rings. The Labute approximate surface area is 212 Å². The number of pyridine rings is 2. The van der Waals surface area contributed by atoms with Crippen LogP contribution >= 0.6 is 12.2 Å². The predicted molar refractivity (Wildman–Crippen MR) is 146 cm³/mol. The maximum Gasteiger partial charge on any atom is 0.174 e. The van der Waals surface area contributed by atoms with Crippen LogP contribution in [0.25, 0.3) is 5.82 Å². The van der Waals surface area contributed by atoms with E-state index in [9.17, 15) is 0 Å². The number of anilines is 2. The average Bonchev–Trinajstić information content (AvgIpc) is 3.35. The minimum absolute atomic E-state index is 0.0634. The van der Waals surface area contributed by atoms with Gasteiger partial charge in [-0.25, -0.2) is 4.98 Å². The summed E-state index contributed by atoms with van der Waals surface area (Å²) < 4.78 is 2.24. The molecule has 4 aromatic rings. The molecule has 0 unspecified atom stereocenters. The largest absolute Gasteiger partial charge is 0.378 e. The molecule has 5 rings (SSSR count). The van der Waals surface area contributed by atoms with Gasteiger partial charge in [0.25, 0.3) is 0 Å². The minimum Gasteiger partial charge on any atom is -0.378 e. The molecule has 1 fully saturated rings. The number of thiocarbonyl (C=S) groups is 1. The highest BCUT2D eigenvalue weighted by molar-refractivity contribution is 7.80. The molecule has 0 amide bonds. The standard InChI is InChI=1S/C28H30N6S/c1-18-9-8-16-30-27(18)33-19(2)17-23(20(33)3)26-25(24-10-6-7-15-29-24)31-28(35)34(26)22-13-11-21(12-14-22)32(4)5/h6-17,25-26H,1-5H3,(H,31,35)/t25-,26-/m1/s1. The van der Waals surface area contributed by atoms with Gasteiger partial charge in [0.15, 0.2) is 5.11 Å². The van der Waals surface area contributed by atoms with E-state index >= 15 is 0 Å². The van der Waals surface area contributed by atoms with E-state index in [1.807, 2.05) is 44.7 Å². The van der Waals surface area contributed by atoms with Crippen molar-refractivity contribution in [1.29, 1.82) is 0 Å². The topological polar surface area (TPSA) is 49.2 Å². The Hall–Kier alpha value is -3.71. The van der Waals surface area contributed by atoms with Crippen molar-refractivity contribution in [3.05, 3.63) is 101 Å². The van der Waals surface area contributed by atoms with Gasteiger partial charge < -0.3 is 19.7 Å². The molecule has 0 aliphatic carbocycles. The van der Waals surface area contributed by atoms with Crippen molar-refractivity contribution >= 4 is 28.7 Å². The number of hydrogen-bond donors (Lipinski definition) is 1. The van der Waals surface area contributed by atoms with Crippen LogP contribution in [0.3, 0.4) is 0 Å². The molecule has 4 heterocycles. The van der Waals surface area contributed by atoms with Crippen molar-refractivity contribution in [2.24, 2.45) is 0 Å². The lowest BCUT2D eigenvalue weighted by Crippen LogP contribution is -2.29. The average molecular weight is 483 g/mol. The number of rotatable bonds is 5. The molecule has 1 N–H and O–H groups in total. The van der Waals surface area contributed by atoms with Gasteiger partial charge in [0.2, 0.25) is 0 Å². The summed E-state index contributed by atoms with van der Waals surface area (Å²) in [6, 6.07) is 20.8. The summed E-state index contributed by atoms with van der Waals surface area (Å²) in [6.45, 7) is 6.40. The Morgan fingerprint density at radius 2 is 1.66 bits per heavy atom. The monoisotopic (exact) mass is 482 g/mol. The van der Waals surface area contributed by atoms with Crippen molar-refractivity contribution in [1.82, 2.24) is 19.9 Å². The Morgan fingerprint density at radius 3 is 2.31 bits per heavy atom. The van der Waals surface area contributed by atoms with Crippen molar-refractivity contribution in [2.45, 2.75) is 32.9 Å². The third-order valence-corrected chi connectivity index (χ3v) is 7.04. The first kappa shape index (κ1) is 23.1. The molecular weight excluding hydrogens is 452 g/mol. The Kier molecular flexibility index (Phi) is 6.03. The molecule has 0 radical (unpaired) electrons. The molecule has 0 saturated carbocycles. The number of hydrogen-bond acceptors (Lipinski definition) is 4. The molecule has 35 heavy (non-hydrogen) atoms. The van der Waals surface area contributed by atoms with Gasteiger partial charge in [-0.3, -0.25) is 4.98 Å². The molecular formula is C28H30N6S. The summed E-state index contributed by atoms with van der Waals surface area (Å²) in [5.74, 6) is 0.957. The van der Waals surface area contributed by atoms with Crippen LogP contribution in [0.4, 0.5) is 11.4 Å². The molecule has 0 spiro atoms. The molecule has 178 valence electrons. The highest BCUT2D eigenvalue weighted by Crippen LogP contribution is 2.44. The summed E-state index contributed by atoms with van der Waals surface area (Å²) in [5.41, 5.74) is 7.79. The lowest BCUT2D eigenvalue weighted by atomic mass is 9.96. The highest BCUT2D eigenvalue weighted by Gasteiger charge is 2.42. The van der Waals surface area contributed by atoms with Crippen molar-refractivity contribution in [3.8, 4) is 5.82 Å². The minimum atomic E-state index is -0.0870. The van der Waals surface area contributed by atoms with Crippen LogP contribution in [-0.4, -0.2) is 33.7 Å². The van der Waals surface area contributed by atoms with Gasteiger partial charge in [0.1, 0.15) is 5.82 Å². The van der Waals surface area contributed by atoms with Gasteiger partial charge in [-0.2, -0.15) is 0 Å². The molecule has 1 aliphatic heterocycles. The van der Waals surface area contributed by atoms with Crippen molar-refractivity contribution < 1.29 is 0 Å². The summed E-state index contributed by atoms with van der Waals surface area (Å²) >= 11 is 5.92. The van der Waals surface area contributed by atoms with E-state index in [-0.39, 0.29) is 12.1 Å². The zero-order valence-electron chi connectivity index (χ0n) is 20.7. The summed E-state index contributed by atoms with van der Waals surface area (Å²) in [5, 5.41) is 4.27. The van der Waals surface area contributed by atoms with Gasteiger partial charge >= 0.3 is 0 Å². The van der Waals surface area contributed by atoms with E-state index < -0.39 is 0 Å². The van der Waals surface area contributed by atoms with Gasteiger partial charge in [-0.05, 0) is 92.6 Å². The Balaban J connectivity index is 1.67. The van der Waals surface area contributed by atoms with Crippen LogP contribution in [0.5, 0.6) is 0 Å². The van der Waals surface area contributed by atoms with Crippen LogP contribution in [0.1, 0.15) is 40.3 Å². The zero-order chi connectivity index (χ0) is 24.7. The van der Waals surface area contributed by atoms with E-state index in [0.717, 1.165) is 39.8 Å². The van der Waals surface area contributed by atoms with E-state index in [4.69, 9.17) is 22.2 Å². The quantitative estimate of drug-likeness (QED) is 0.383. The lowest BCUT2D eigenvalue weighted by Gasteiger charge is -2.28. The first-order valence-electron chi connectivity index (χ1n) is 11.8. The van der Waals surface area contributed by atoms with Gasteiger partial charge in [0.05, 0.1) is 17.8 Å². The van der Waals surface area contributed by atoms with E-state index in [2.05, 4.69) is 82.9 Å². The first-order chi connectivity index (χ1) is 16.9. The molecule has 1 saturated heterocycles. The number of aromatic nitrogens is 3. The molecule has 1 aromatic carbocycles. The molecule has 7 heteroatoms. The molecule has 2 atom stereocenters.